The summed E-state index contributed by atoms with van der Waals surface area (Å²) in [5, 5.41) is 17.4. The van der Waals surface area contributed by atoms with Gasteiger partial charge in [0, 0.05) is 24.3 Å². The minimum Gasteiger partial charge on any atom is -0.443 e. The van der Waals surface area contributed by atoms with E-state index in [0.717, 1.165) is 23.2 Å². The molecule has 0 radical (unpaired) electrons. The molecule has 2 aromatic rings. The van der Waals surface area contributed by atoms with Crippen LogP contribution in [0.25, 0.3) is 0 Å². The topological polar surface area (TPSA) is 109 Å². The average Bonchev–Trinajstić information content (AvgIpc) is 3.58. The molecule has 0 unspecified atom stereocenters. The van der Waals surface area contributed by atoms with E-state index in [0.29, 0.717) is 26.2 Å². The first-order chi connectivity index (χ1) is 18.4. The number of para-hydroxylation sites is 1. The van der Waals surface area contributed by atoms with Crippen LogP contribution >= 0.6 is 0 Å². The van der Waals surface area contributed by atoms with Crippen LogP contribution in [0.4, 0.5) is 10.5 Å². The van der Waals surface area contributed by atoms with Gasteiger partial charge in [-0.05, 0) is 30.4 Å². The van der Waals surface area contributed by atoms with Gasteiger partial charge in [-0.1, -0.05) is 62.4 Å². The fourth-order valence-electron chi connectivity index (χ4n) is 5.70. The van der Waals surface area contributed by atoms with E-state index in [1.54, 1.807) is 0 Å². The Bertz CT molecular complexity index is 1110. The van der Waals surface area contributed by atoms with Gasteiger partial charge < -0.3 is 30.0 Å². The molecular weight excluding hydrogens is 486 g/mol. The monoisotopic (exact) mass is 523 g/mol. The highest BCUT2D eigenvalue weighted by Gasteiger charge is 2.44. The standard InChI is InChI=1S/C29H37N3O6/c1-18(2)15-32(26-20-10-6-7-11-22(20)30-27(26)34)16-24(33)23(14-19-8-4-3-5-9-19)31-29(35)38-25-17-37-28-21(25)12-13-36-28/h3-11,18,21,23-26,28,33H,12-17H2,1-2H3,(H,30,34)(H,31,35)/t21-,23-,24+,25-,26-,28+/m0/s1. The second kappa shape index (κ2) is 11.8. The smallest absolute Gasteiger partial charge is 0.407 e. The lowest BCUT2D eigenvalue weighted by Gasteiger charge is -2.34. The van der Waals surface area contributed by atoms with Gasteiger partial charge in [-0.2, -0.15) is 0 Å². The van der Waals surface area contributed by atoms with Crippen LogP contribution in [0.2, 0.25) is 0 Å². The Hall–Kier alpha value is -2.98. The molecule has 9 nitrogen and oxygen atoms in total. The van der Waals surface area contributed by atoms with E-state index in [4.69, 9.17) is 14.2 Å². The van der Waals surface area contributed by atoms with Crippen molar-refractivity contribution in [3.63, 3.8) is 0 Å². The van der Waals surface area contributed by atoms with Gasteiger partial charge in [-0.25, -0.2) is 4.79 Å². The van der Waals surface area contributed by atoms with Crippen molar-refractivity contribution in [3.05, 3.63) is 65.7 Å². The van der Waals surface area contributed by atoms with E-state index < -0.39 is 24.3 Å². The van der Waals surface area contributed by atoms with Crippen molar-refractivity contribution in [1.29, 1.82) is 0 Å². The van der Waals surface area contributed by atoms with E-state index >= 15 is 0 Å². The molecule has 38 heavy (non-hydrogen) atoms. The molecule has 204 valence electrons. The number of anilines is 1. The molecule has 0 bridgehead atoms. The van der Waals surface area contributed by atoms with Crippen molar-refractivity contribution in [2.24, 2.45) is 11.8 Å². The third-order valence-electron chi connectivity index (χ3n) is 7.46. The van der Waals surface area contributed by atoms with Crippen LogP contribution in [0.15, 0.2) is 54.6 Å². The average molecular weight is 524 g/mol. The molecule has 2 amide bonds. The number of nitrogens with one attached hydrogen (secondary N) is 2. The van der Waals surface area contributed by atoms with Gasteiger partial charge in [0.1, 0.15) is 12.1 Å². The SMILES string of the molecule is CC(C)CN(C[C@@H](O)[C@H](Cc1ccccc1)NC(=O)O[C@H]1CO[C@H]2OCC[C@H]21)[C@@H]1C(=O)Nc2ccccc21. The number of aliphatic hydroxyl groups is 1. The number of carbonyl (C=O) groups excluding carboxylic acids is 2. The maximum Gasteiger partial charge on any atom is 0.407 e. The molecule has 0 aliphatic carbocycles. The van der Waals surface area contributed by atoms with Crippen LogP contribution in [0, 0.1) is 11.8 Å². The van der Waals surface area contributed by atoms with Crippen molar-refractivity contribution in [3.8, 4) is 0 Å². The summed E-state index contributed by atoms with van der Waals surface area (Å²) in [4.78, 5) is 28.0. The summed E-state index contributed by atoms with van der Waals surface area (Å²) in [5.41, 5.74) is 2.66. The predicted octanol–water partition coefficient (Wildman–Crippen LogP) is 3.10. The second-order valence-electron chi connectivity index (χ2n) is 10.8. The minimum atomic E-state index is -0.954. The number of nitrogens with zero attached hydrogens (tertiary/aromatic N) is 1. The zero-order valence-corrected chi connectivity index (χ0v) is 21.9. The van der Waals surface area contributed by atoms with Gasteiger partial charge in [0.2, 0.25) is 5.91 Å². The highest BCUT2D eigenvalue weighted by Crippen LogP contribution is 2.36. The van der Waals surface area contributed by atoms with Crippen LogP contribution in [0.5, 0.6) is 0 Å². The number of fused-ring (bicyclic) bond motifs is 2. The molecule has 2 fully saturated rings. The lowest BCUT2D eigenvalue weighted by atomic mass is 9.98. The molecule has 5 rings (SSSR count). The quantitative estimate of drug-likeness (QED) is 0.439. The van der Waals surface area contributed by atoms with Gasteiger partial charge >= 0.3 is 6.09 Å². The maximum absolute atomic E-state index is 13.0. The third kappa shape index (κ3) is 6.02. The fraction of sp³-hybridized carbons (Fsp3) is 0.517. The number of carbonyl (C=O) groups is 2. The van der Waals surface area contributed by atoms with Crippen molar-refractivity contribution in [1.82, 2.24) is 10.2 Å². The van der Waals surface area contributed by atoms with Gasteiger partial charge in [0.05, 0.1) is 31.3 Å². The molecule has 2 aromatic carbocycles. The minimum absolute atomic E-state index is 0.0285. The summed E-state index contributed by atoms with van der Waals surface area (Å²) in [7, 11) is 0. The fourth-order valence-corrected chi connectivity index (χ4v) is 5.70. The summed E-state index contributed by atoms with van der Waals surface area (Å²) >= 11 is 0. The summed E-state index contributed by atoms with van der Waals surface area (Å²) in [6, 6.07) is 16.2. The molecule has 3 aliphatic heterocycles. The Morgan fingerprint density at radius 2 is 1.89 bits per heavy atom. The summed E-state index contributed by atoms with van der Waals surface area (Å²) in [6.07, 6.45) is -1.05. The van der Waals surface area contributed by atoms with Crippen LogP contribution < -0.4 is 10.6 Å². The molecule has 6 atom stereocenters. The zero-order chi connectivity index (χ0) is 26.6. The molecule has 3 aliphatic rings. The molecule has 9 heteroatoms. The third-order valence-corrected chi connectivity index (χ3v) is 7.46. The summed E-state index contributed by atoms with van der Waals surface area (Å²) in [6.45, 7) is 5.86. The number of alkyl carbamates (subject to hydrolysis) is 1. The first kappa shape index (κ1) is 26.6. The van der Waals surface area contributed by atoms with Crippen molar-refractivity contribution in [2.75, 3.05) is 31.6 Å². The number of benzene rings is 2. The van der Waals surface area contributed by atoms with E-state index in [1.807, 2.05) is 59.5 Å². The molecular formula is C29H37N3O6. The Kier molecular flexibility index (Phi) is 8.28. The maximum atomic E-state index is 13.0. The van der Waals surface area contributed by atoms with Gasteiger partial charge in [-0.15, -0.1) is 0 Å². The van der Waals surface area contributed by atoms with Crippen LogP contribution in [0.1, 0.15) is 37.4 Å². The van der Waals surface area contributed by atoms with Crippen LogP contribution in [-0.2, 0) is 25.4 Å². The Morgan fingerprint density at radius 3 is 2.68 bits per heavy atom. The predicted molar refractivity (Wildman–Crippen MR) is 141 cm³/mol. The highest BCUT2D eigenvalue weighted by molar-refractivity contribution is 6.02. The number of ether oxygens (including phenoxy) is 3. The molecule has 0 spiro atoms. The second-order valence-corrected chi connectivity index (χ2v) is 10.8. The number of amides is 2. The number of hydrogen-bond donors (Lipinski definition) is 3. The molecule has 2 saturated heterocycles. The lowest BCUT2D eigenvalue weighted by Crippen LogP contribution is -2.51. The Balaban J connectivity index is 1.32. The van der Waals surface area contributed by atoms with E-state index in [1.165, 1.54) is 0 Å². The number of aliphatic hydroxyl groups excluding tert-OH is 1. The van der Waals surface area contributed by atoms with Crippen molar-refractivity contribution >= 4 is 17.7 Å². The summed E-state index contributed by atoms with van der Waals surface area (Å²) in [5.74, 6) is 0.179. The van der Waals surface area contributed by atoms with Gasteiger partial charge in [0.15, 0.2) is 6.29 Å². The Labute approximate surface area is 223 Å². The molecule has 0 aromatic heterocycles. The normalized spacial score (nSPS) is 25.7. The van der Waals surface area contributed by atoms with Gasteiger partial charge in [0.25, 0.3) is 0 Å². The van der Waals surface area contributed by atoms with E-state index in [-0.39, 0.29) is 36.7 Å². The Morgan fingerprint density at radius 1 is 1.13 bits per heavy atom. The first-order valence-electron chi connectivity index (χ1n) is 13.4. The van der Waals surface area contributed by atoms with Crippen LogP contribution in [-0.4, -0.2) is 72.8 Å². The number of hydrogen-bond acceptors (Lipinski definition) is 7. The summed E-state index contributed by atoms with van der Waals surface area (Å²) < 4.78 is 16.9. The molecule has 0 saturated carbocycles. The van der Waals surface area contributed by atoms with Crippen LogP contribution in [0.3, 0.4) is 0 Å². The van der Waals surface area contributed by atoms with Crippen molar-refractivity contribution in [2.45, 2.75) is 57.3 Å². The highest BCUT2D eigenvalue weighted by atomic mass is 16.7. The lowest BCUT2D eigenvalue weighted by molar-refractivity contribution is -0.121. The number of rotatable bonds is 10. The zero-order valence-electron chi connectivity index (χ0n) is 21.9. The van der Waals surface area contributed by atoms with E-state index in [2.05, 4.69) is 24.5 Å². The first-order valence-corrected chi connectivity index (χ1v) is 13.4. The molecule has 3 heterocycles. The van der Waals surface area contributed by atoms with Crippen molar-refractivity contribution < 1.29 is 28.9 Å². The largest absolute Gasteiger partial charge is 0.443 e. The van der Waals surface area contributed by atoms with E-state index in [9.17, 15) is 14.7 Å². The van der Waals surface area contributed by atoms with Gasteiger partial charge in [-0.3, -0.25) is 9.69 Å². The molecule has 3 N–H and O–H groups in total.